The van der Waals surface area contributed by atoms with Gasteiger partial charge in [0, 0.05) is 12.6 Å². The predicted octanol–water partition coefficient (Wildman–Crippen LogP) is 12.7. The van der Waals surface area contributed by atoms with Gasteiger partial charge < -0.3 is 5.73 Å². The lowest BCUT2D eigenvalue weighted by atomic mass is 10.1. The molecule has 0 aromatic rings. The minimum Gasteiger partial charge on any atom is -0.329 e. The average molecular weight is 575 g/mol. The van der Waals surface area contributed by atoms with E-state index in [4.69, 9.17) is 5.73 Å². The van der Waals surface area contributed by atoms with Gasteiger partial charge in [-0.25, -0.2) is 0 Å². The van der Waals surface area contributed by atoms with Crippen molar-refractivity contribution in [1.29, 1.82) is 0 Å². The van der Waals surface area contributed by atoms with Gasteiger partial charge in [0.2, 0.25) is 0 Å². The first-order chi connectivity index (χ1) is 20.3. The van der Waals surface area contributed by atoms with E-state index in [2.05, 4.69) is 50.0 Å². The maximum atomic E-state index is 6.04. The lowest BCUT2D eigenvalue weighted by Crippen LogP contribution is -2.39. The van der Waals surface area contributed by atoms with Crippen LogP contribution in [0.4, 0.5) is 0 Å². The Labute approximate surface area is 260 Å². The van der Waals surface area contributed by atoms with Crippen LogP contribution in [-0.4, -0.2) is 30.6 Å². The van der Waals surface area contributed by atoms with Gasteiger partial charge in [0.25, 0.3) is 0 Å². The van der Waals surface area contributed by atoms with Crippen molar-refractivity contribution < 1.29 is 0 Å². The van der Waals surface area contributed by atoms with Crippen LogP contribution in [0.15, 0.2) is 24.3 Å². The number of rotatable bonds is 34. The molecule has 0 fully saturated rings. The standard InChI is InChI=1S/C39H78N2/c1-4-6-8-10-12-14-16-18-20-22-24-26-28-30-32-34-36-41(39(3)38-40)37-35-33-31-29-27-25-23-21-19-17-15-13-11-9-7-5-2/h18-21,39H,4-17,22-38,40H2,1-3H3. The molecule has 0 aromatic heterocycles. The van der Waals surface area contributed by atoms with Crippen molar-refractivity contribution in [3.8, 4) is 0 Å². The summed E-state index contributed by atoms with van der Waals surface area (Å²) < 4.78 is 0. The molecule has 2 heteroatoms. The van der Waals surface area contributed by atoms with Crippen LogP contribution < -0.4 is 5.73 Å². The Kier molecular flexibility index (Phi) is 35.1. The van der Waals surface area contributed by atoms with E-state index in [0.29, 0.717) is 6.04 Å². The van der Waals surface area contributed by atoms with Crippen molar-refractivity contribution in [2.45, 2.75) is 207 Å². The number of allylic oxidation sites excluding steroid dienone is 4. The topological polar surface area (TPSA) is 29.3 Å². The fraction of sp³-hybridized carbons (Fsp3) is 0.897. The van der Waals surface area contributed by atoms with Crippen molar-refractivity contribution in [2.75, 3.05) is 19.6 Å². The number of nitrogens with zero attached hydrogens (tertiary/aromatic N) is 1. The maximum Gasteiger partial charge on any atom is 0.0190 e. The molecule has 0 aliphatic heterocycles. The number of unbranched alkanes of at least 4 members (excludes halogenated alkanes) is 24. The molecule has 0 bridgehead atoms. The van der Waals surface area contributed by atoms with Gasteiger partial charge in [-0.3, -0.25) is 4.90 Å². The van der Waals surface area contributed by atoms with Crippen LogP contribution in [0.3, 0.4) is 0 Å². The fourth-order valence-electron chi connectivity index (χ4n) is 5.83. The zero-order valence-electron chi connectivity index (χ0n) is 28.8. The summed E-state index contributed by atoms with van der Waals surface area (Å²) in [6.45, 7) is 10.2. The molecule has 41 heavy (non-hydrogen) atoms. The van der Waals surface area contributed by atoms with E-state index < -0.39 is 0 Å². The van der Waals surface area contributed by atoms with Crippen molar-refractivity contribution in [2.24, 2.45) is 5.73 Å². The van der Waals surface area contributed by atoms with Crippen LogP contribution in [0, 0.1) is 0 Å². The van der Waals surface area contributed by atoms with E-state index in [1.807, 2.05) is 0 Å². The second kappa shape index (κ2) is 35.6. The van der Waals surface area contributed by atoms with E-state index in [-0.39, 0.29) is 0 Å². The van der Waals surface area contributed by atoms with E-state index in [0.717, 1.165) is 6.54 Å². The minimum atomic E-state index is 0.529. The molecule has 2 nitrogen and oxygen atoms in total. The number of nitrogens with two attached hydrogens (primary N) is 1. The molecule has 0 aliphatic rings. The molecule has 244 valence electrons. The predicted molar refractivity (Wildman–Crippen MR) is 189 cm³/mol. The van der Waals surface area contributed by atoms with E-state index in [1.54, 1.807) is 0 Å². The average Bonchev–Trinajstić information content (AvgIpc) is 2.99. The molecule has 0 amide bonds. The summed E-state index contributed by atoms with van der Waals surface area (Å²) in [7, 11) is 0. The zero-order valence-corrected chi connectivity index (χ0v) is 28.8. The van der Waals surface area contributed by atoms with Crippen LogP contribution in [0.25, 0.3) is 0 Å². The summed E-state index contributed by atoms with van der Waals surface area (Å²) in [4.78, 5) is 2.67. The second-order valence-electron chi connectivity index (χ2n) is 13.0. The molecule has 0 saturated heterocycles. The molecule has 0 aliphatic carbocycles. The smallest absolute Gasteiger partial charge is 0.0190 e. The molecule has 0 radical (unpaired) electrons. The van der Waals surface area contributed by atoms with Crippen molar-refractivity contribution in [1.82, 2.24) is 4.90 Å². The van der Waals surface area contributed by atoms with Crippen LogP contribution in [0.2, 0.25) is 0 Å². The Bertz CT molecular complexity index is 484. The lowest BCUT2D eigenvalue weighted by molar-refractivity contribution is 0.203. The van der Waals surface area contributed by atoms with Crippen molar-refractivity contribution >= 4 is 0 Å². The van der Waals surface area contributed by atoms with Gasteiger partial charge in [-0.2, -0.15) is 0 Å². The van der Waals surface area contributed by atoms with Gasteiger partial charge in [0.1, 0.15) is 0 Å². The highest BCUT2D eigenvalue weighted by atomic mass is 15.2. The van der Waals surface area contributed by atoms with Gasteiger partial charge in [-0.05, 0) is 84.2 Å². The second-order valence-corrected chi connectivity index (χ2v) is 13.0. The first kappa shape index (κ1) is 40.4. The van der Waals surface area contributed by atoms with E-state index in [9.17, 15) is 0 Å². The first-order valence-electron chi connectivity index (χ1n) is 19.0. The monoisotopic (exact) mass is 575 g/mol. The fourth-order valence-corrected chi connectivity index (χ4v) is 5.83. The molecule has 0 heterocycles. The Morgan fingerprint density at radius 1 is 0.415 bits per heavy atom. The van der Waals surface area contributed by atoms with E-state index in [1.165, 1.54) is 193 Å². The zero-order chi connectivity index (χ0) is 29.9. The Balaban J connectivity index is 3.57. The maximum absolute atomic E-state index is 6.04. The number of hydrogen-bond acceptors (Lipinski definition) is 2. The van der Waals surface area contributed by atoms with Gasteiger partial charge in [-0.15, -0.1) is 0 Å². The highest BCUT2D eigenvalue weighted by Crippen LogP contribution is 2.13. The van der Waals surface area contributed by atoms with Gasteiger partial charge in [-0.1, -0.05) is 154 Å². The molecule has 0 aromatic carbocycles. The van der Waals surface area contributed by atoms with Crippen molar-refractivity contribution in [3.63, 3.8) is 0 Å². The molecule has 0 rings (SSSR count). The molecule has 1 unspecified atom stereocenters. The molecule has 2 N–H and O–H groups in total. The summed E-state index contributed by atoms with van der Waals surface area (Å²) in [5.41, 5.74) is 6.04. The van der Waals surface area contributed by atoms with Crippen LogP contribution in [-0.2, 0) is 0 Å². The molecule has 0 spiro atoms. The van der Waals surface area contributed by atoms with Crippen LogP contribution in [0.1, 0.15) is 201 Å². The third-order valence-corrected chi connectivity index (χ3v) is 8.88. The molecular formula is C39H78N2. The lowest BCUT2D eigenvalue weighted by Gasteiger charge is -2.28. The SMILES string of the molecule is CCCCCCCCC=CCCCCCCCCN(CCCCCCCCC=CCCCCCCCC)C(C)CN. The van der Waals surface area contributed by atoms with Gasteiger partial charge >= 0.3 is 0 Å². The summed E-state index contributed by atoms with van der Waals surface area (Å²) in [6.07, 6.45) is 48.4. The number of hydrogen-bond donors (Lipinski definition) is 1. The normalized spacial score (nSPS) is 12.9. The molecule has 1 atom stereocenters. The molecule has 0 saturated carbocycles. The Morgan fingerprint density at radius 3 is 0.976 bits per heavy atom. The summed E-state index contributed by atoms with van der Waals surface area (Å²) in [5.74, 6) is 0. The third-order valence-electron chi connectivity index (χ3n) is 8.88. The Hall–Kier alpha value is -0.600. The van der Waals surface area contributed by atoms with Gasteiger partial charge in [0.05, 0.1) is 0 Å². The highest BCUT2D eigenvalue weighted by Gasteiger charge is 2.11. The quantitative estimate of drug-likeness (QED) is 0.0611. The van der Waals surface area contributed by atoms with E-state index >= 15 is 0 Å². The molecular weight excluding hydrogens is 496 g/mol. The van der Waals surface area contributed by atoms with Gasteiger partial charge in [0.15, 0.2) is 0 Å². The summed E-state index contributed by atoms with van der Waals surface area (Å²) in [6, 6.07) is 0.529. The largest absolute Gasteiger partial charge is 0.329 e. The minimum absolute atomic E-state index is 0.529. The van der Waals surface area contributed by atoms with Crippen LogP contribution >= 0.6 is 0 Å². The Morgan fingerprint density at radius 2 is 0.683 bits per heavy atom. The summed E-state index contributed by atoms with van der Waals surface area (Å²) in [5, 5.41) is 0. The first-order valence-corrected chi connectivity index (χ1v) is 19.0. The third kappa shape index (κ3) is 32.2. The summed E-state index contributed by atoms with van der Waals surface area (Å²) >= 11 is 0. The van der Waals surface area contributed by atoms with Crippen LogP contribution in [0.5, 0.6) is 0 Å². The van der Waals surface area contributed by atoms with Crippen molar-refractivity contribution in [3.05, 3.63) is 24.3 Å². The highest BCUT2D eigenvalue weighted by molar-refractivity contribution is 4.82.